The summed E-state index contributed by atoms with van der Waals surface area (Å²) < 4.78 is 1.87. The third-order valence-corrected chi connectivity index (χ3v) is 2.22. The van der Waals surface area contributed by atoms with Crippen molar-refractivity contribution in [2.24, 2.45) is 0 Å². The smallest absolute Gasteiger partial charge is 0.0719 e. The molecule has 1 aromatic rings. The summed E-state index contributed by atoms with van der Waals surface area (Å²) in [6.45, 7) is 6.25. The molecule has 74 valence electrons. The molecule has 0 aliphatic rings. The van der Waals surface area contributed by atoms with Crippen LogP contribution in [0, 0.1) is 0 Å². The Bertz CT molecular complexity index is 254. The number of likely N-dealkylation sites (N-methyl/N-ethyl adjacent to an activating group) is 1. The SMILES string of the molecule is CC(C)N(C)CCn1cc(N)cn1. The molecular weight excluding hydrogens is 164 g/mol. The van der Waals surface area contributed by atoms with Crippen LogP contribution in [0.15, 0.2) is 12.4 Å². The number of hydrogen-bond donors (Lipinski definition) is 1. The van der Waals surface area contributed by atoms with E-state index in [0.29, 0.717) is 6.04 Å². The second kappa shape index (κ2) is 4.28. The van der Waals surface area contributed by atoms with E-state index in [4.69, 9.17) is 5.73 Å². The summed E-state index contributed by atoms with van der Waals surface area (Å²) in [6.07, 6.45) is 3.53. The van der Waals surface area contributed by atoms with Gasteiger partial charge in [0.15, 0.2) is 0 Å². The fourth-order valence-corrected chi connectivity index (χ4v) is 1.02. The van der Waals surface area contributed by atoms with E-state index >= 15 is 0 Å². The molecule has 0 aliphatic carbocycles. The second-order valence-electron chi connectivity index (χ2n) is 3.61. The molecule has 1 heterocycles. The second-order valence-corrected chi connectivity index (χ2v) is 3.61. The third kappa shape index (κ3) is 3.06. The molecule has 4 nitrogen and oxygen atoms in total. The normalized spacial score (nSPS) is 11.5. The summed E-state index contributed by atoms with van der Waals surface area (Å²) >= 11 is 0. The van der Waals surface area contributed by atoms with Gasteiger partial charge < -0.3 is 10.6 Å². The van der Waals surface area contributed by atoms with E-state index in [2.05, 4.69) is 30.9 Å². The lowest BCUT2D eigenvalue weighted by atomic mass is 10.3. The summed E-state index contributed by atoms with van der Waals surface area (Å²) in [6, 6.07) is 0.577. The molecule has 0 amide bonds. The fraction of sp³-hybridized carbons (Fsp3) is 0.667. The predicted octanol–water partition coefficient (Wildman–Crippen LogP) is 0.805. The van der Waals surface area contributed by atoms with Crippen LogP contribution in [0.25, 0.3) is 0 Å². The van der Waals surface area contributed by atoms with E-state index in [-0.39, 0.29) is 0 Å². The largest absolute Gasteiger partial charge is 0.396 e. The molecule has 4 heteroatoms. The Morgan fingerprint density at radius 2 is 2.31 bits per heavy atom. The molecule has 0 radical (unpaired) electrons. The quantitative estimate of drug-likeness (QED) is 0.749. The Kier molecular flexibility index (Phi) is 3.31. The molecule has 0 saturated heterocycles. The van der Waals surface area contributed by atoms with Crippen molar-refractivity contribution in [3.63, 3.8) is 0 Å². The van der Waals surface area contributed by atoms with Gasteiger partial charge in [0.1, 0.15) is 0 Å². The van der Waals surface area contributed by atoms with Crippen molar-refractivity contribution in [1.82, 2.24) is 14.7 Å². The standard InChI is InChI=1S/C9H18N4/c1-8(2)12(3)4-5-13-7-9(10)6-11-13/h6-8H,4-5,10H2,1-3H3. The number of hydrogen-bond acceptors (Lipinski definition) is 3. The van der Waals surface area contributed by atoms with Crippen LogP contribution in [-0.2, 0) is 6.54 Å². The van der Waals surface area contributed by atoms with Gasteiger partial charge in [-0.2, -0.15) is 5.10 Å². The molecule has 0 saturated carbocycles. The lowest BCUT2D eigenvalue weighted by Crippen LogP contribution is -2.29. The summed E-state index contributed by atoms with van der Waals surface area (Å²) in [4.78, 5) is 2.28. The van der Waals surface area contributed by atoms with Gasteiger partial charge in [0.2, 0.25) is 0 Å². The van der Waals surface area contributed by atoms with Crippen molar-refractivity contribution in [2.75, 3.05) is 19.3 Å². The van der Waals surface area contributed by atoms with Gasteiger partial charge in [-0.1, -0.05) is 0 Å². The van der Waals surface area contributed by atoms with E-state index in [1.54, 1.807) is 6.20 Å². The topological polar surface area (TPSA) is 47.1 Å². The van der Waals surface area contributed by atoms with Gasteiger partial charge >= 0.3 is 0 Å². The summed E-state index contributed by atoms with van der Waals surface area (Å²) in [7, 11) is 2.11. The van der Waals surface area contributed by atoms with Crippen molar-refractivity contribution in [3.8, 4) is 0 Å². The van der Waals surface area contributed by atoms with Crippen LogP contribution in [0.3, 0.4) is 0 Å². The minimum Gasteiger partial charge on any atom is -0.396 e. The Morgan fingerprint density at radius 3 is 2.77 bits per heavy atom. The first kappa shape index (κ1) is 10.1. The maximum Gasteiger partial charge on any atom is 0.0719 e. The minimum atomic E-state index is 0.577. The van der Waals surface area contributed by atoms with Gasteiger partial charge in [0.25, 0.3) is 0 Å². The van der Waals surface area contributed by atoms with Crippen molar-refractivity contribution < 1.29 is 0 Å². The van der Waals surface area contributed by atoms with Crippen molar-refractivity contribution in [2.45, 2.75) is 26.4 Å². The summed E-state index contributed by atoms with van der Waals surface area (Å²) in [5.74, 6) is 0. The Labute approximate surface area is 79.3 Å². The number of nitrogens with zero attached hydrogens (tertiary/aromatic N) is 3. The summed E-state index contributed by atoms with van der Waals surface area (Å²) in [5.41, 5.74) is 6.28. The number of nitrogens with two attached hydrogens (primary N) is 1. The van der Waals surface area contributed by atoms with E-state index in [1.165, 1.54) is 0 Å². The van der Waals surface area contributed by atoms with E-state index in [1.807, 2.05) is 10.9 Å². The molecule has 0 fully saturated rings. The van der Waals surface area contributed by atoms with E-state index < -0.39 is 0 Å². The van der Waals surface area contributed by atoms with Gasteiger partial charge in [0.05, 0.1) is 18.4 Å². The van der Waals surface area contributed by atoms with Gasteiger partial charge in [-0.15, -0.1) is 0 Å². The molecule has 0 aliphatic heterocycles. The number of rotatable bonds is 4. The van der Waals surface area contributed by atoms with Gasteiger partial charge in [-0.05, 0) is 20.9 Å². The van der Waals surface area contributed by atoms with Crippen LogP contribution in [0.4, 0.5) is 5.69 Å². The Balaban J connectivity index is 2.35. The predicted molar refractivity (Wildman–Crippen MR) is 54.4 cm³/mol. The Morgan fingerprint density at radius 1 is 1.62 bits per heavy atom. The Hall–Kier alpha value is -1.03. The monoisotopic (exact) mass is 182 g/mol. The van der Waals surface area contributed by atoms with Gasteiger partial charge in [-0.25, -0.2) is 0 Å². The lowest BCUT2D eigenvalue weighted by Gasteiger charge is -2.20. The molecule has 0 unspecified atom stereocenters. The highest BCUT2D eigenvalue weighted by Crippen LogP contribution is 1.99. The molecule has 13 heavy (non-hydrogen) atoms. The van der Waals surface area contributed by atoms with Crippen LogP contribution < -0.4 is 5.73 Å². The fourth-order valence-electron chi connectivity index (χ4n) is 1.02. The maximum atomic E-state index is 5.55. The average molecular weight is 182 g/mol. The zero-order chi connectivity index (χ0) is 9.84. The zero-order valence-electron chi connectivity index (χ0n) is 8.57. The first-order valence-electron chi connectivity index (χ1n) is 4.57. The summed E-state index contributed by atoms with van der Waals surface area (Å²) in [5, 5.41) is 4.11. The molecule has 2 N–H and O–H groups in total. The zero-order valence-corrected chi connectivity index (χ0v) is 8.57. The minimum absolute atomic E-state index is 0.577. The average Bonchev–Trinajstić information content (AvgIpc) is 2.47. The number of anilines is 1. The molecule has 0 bridgehead atoms. The highest BCUT2D eigenvalue weighted by atomic mass is 15.3. The molecule has 0 atom stereocenters. The molecule has 0 spiro atoms. The van der Waals surface area contributed by atoms with E-state index in [0.717, 1.165) is 18.8 Å². The maximum absolute atomic E-state index is 5.55. The van der Waals surface area contributed by atoms with Gasteiger partial charge in [-0.3, -0.25) is 4.68 Å². The van der Waals surface area contributed by atoms with Crippen molar-refractivity contribution >= 4 is 5.69 Å². The highest BCUT2D eigenvalue weighted by molar-refractivity contribution is 5.30. The van der Waals surface area contributed by atoms with Crippen molar-refractivity contribution in [3.05, 3.63) is 12.4 Å². The first-order chi connectivity index (χ1) is 6.09. The third-order valence-electron chi connectivity index (χ3n) is 2.22. The highest BCUT2D eigenvalue weighted by Gasteiger charge is 2.02. The van der Waals surface area contributed by atoms with Crippen LogP contribution in [0.1, 0.15) is 13.8 Å². The lowest BCUT2D eigenvalue weighted by molar-refractivity contribution is 0.259. The molecule has 1 aromatic heterocycles. The number of aromatic nitrogens is 2. The number of nitrogen functional groups attached to an aromatic ring is 1. The molecule has 1 rings (SSSR count). The van der Waals surface area contributed by atoms with Crippen LogP contribution in [0.5, 0.6) is 0 Å². The molecule has 0 aromatic carbocycles. The molecular formula is C9H18N4. The van der Waals surface area contributed by atoms with Gasteiger partial charge in [0, 0.05) is 18.8 Å². The van der Waals surface area contributed by atoms with Crippen LogP contribution in [0.2, 0.25) is 0 Å². The van der Waals surface area contributed by atoms with Crippen LogP contribution >= 0.6 is 0 Å². The van der Waals surface area contributed by atoms with E-state index in [9.17, 15) is 0 Å². The first-order valence-corrected chi connectivity index (χ1v) is 4.57. The van der Waals surface area contributed by atoms with Crippen LogP contribution in [-0.4, -0.2) is 34.3 Å². The van der Waals surface area contributed by atoms with Crippen molar-refractivity contribution in [1.29, 1.82) is 0 Å².